The van der Waals surface area contributed by atoms with E-state index in [2.05, 4.69) is 5.32 Å². The lowest BCUT2D eigenvalue weighted by Gasteiger charge is -2.42. The molecular formula is C22H25N3O3. The van der Waals surface area contributed by atoms with Crippen molar-refractivity contribution >= 4 is 17.5 Å². The molecule has 1 fully saturated rings. The number of piperidine rings is 1. The third-order valence-electron chi connectivity index (χ3n) is 5.73. The van der Waals surface area contributed by atoms with Crippen molar-refractivity contribution in [1.29, 1.82) is 0 Å². The first-order valence-corrected chi connectivity index (χ1v) is 9.83. The number of pyridine rings is 1. The van der Waals surface area contributed by atoms with Crippen molar-refractivity contribution in [2.75, 3.05) is 18.4 Å². The van der Waals surface area contributed by atoms with Crippen molar-refractivity contribution in [2.45, 2.75) is 38.6 Å². The minimum Gasteiger partial charge on any atom is -0.342 e. The average Bonchev–Trinajstić information content (AvgIpc) is 2.68. The number of nitrogens with one attached hydrogen (secondary N) is 1. The van der Waals surface area contributed by atoms with Crippen LogP contribution in [0.1, 0.15) is 36.4 Å². The van der Waals surface area contributed by atoms with Crippen LogP contribution in [0.2, 0.25) is 0 Å². The highest BCUT2D eigenvalue weighted by atomic mass is 16.2. The summed E-state index contributed by atoms with van der Waals surface area (Å²) in [7, 11) is 0. The number of carbonyl (C=O) groups excluding carboxylic acids is 2. The Morgan fingerprint density at radius 1 is 1.04 bits per heavy atom. The number of anilines is 1. The zero-order chi connectivity index (χ0) is 19.7. The molecule has 0 spiro atoms. The summed E-state index contributed by atoms with van der Waals surface area (Å²) in [6.45, 7) is 3.95. The van der Waals surface area contributed by atoms with Crippen LogP contribution in [-0.2, 0) is 16.1 Å². The minimum absolute atomic E-state index is 0.0143. The molecule has 3 heterocycles. The van der Waals surface area contributed by atoms with Crippen molar-refractivity contribution in [3.8, 4) is 0 Å². The van der Waals surface area contributed by atoms with E-state index in [1.54, 1.807) is 12.1 Å². The van der Waals surface area contributed by atoms with Crippen LogP contribution in [0.3, 0.4) is 0 Å². The second-order valence-electron chi connectivity index (χ2n) is 7.91. The van der Waals surface area contributed by atoms with Gasteiger partial charge in [-0.3, -0.25) is 14.4 Å². The number of aromatic nitrogens is 1. The molecule has 2 bridgehead atoms. The van der Waals surface area contributed by atoms with Crippen molar-refractivity contribution in [3.63, 3.8) is 0 Å². The van der Waals surface area contributed by atoms with Gasteiger partial charge in [0.15, 0.2) is 0 Å². The largest absolute Gasteiger partial charge is 0.342 e. The van der Waals surface area contributed by atoms with Crippen molar-refractivity contribution < 1.29 is 9.59 Å². The highest BCUT2D eigenvalue weighted by Crippen LogP contribution is 2.35. The fraction of sp³-hybridized carbons (Fsp3) is 0.409. The first kappa shape index (κ1) is 18.5. The van der Waals surface area contributed by atoms with E-state index in [9.17, 15) is 14.4 Å². The maximum atomic E-state index is 12.7. The number of amides is 2. The predicted octanol–water partition coefficient (Wildman–Crippen LogP) is 2.52. The lowest BCUT2D eigenvalue weighted by molar-refractivity contribution is -0.135. The van der Waals surface area contributed by atoms with E-state index in [-0.39, 0.29) is 36.1 Å². The van der Waals surface area contributed by atoms with E-state index >= 15 is 0 Å². The Morgan fingerprint density at radius 3 is 2.61 bits per heavy atom. The van der Waals surface area contributed by atoms with Gasteiger partial charge in [-0.15, -0.1) is 0 Å². The smallest absolute Gasteiger partial charge is 0.250 e. The SMILES string of the molecule is Cc1ccc(NC(=O)CCC(=O)N2CC3CC(C2)c2cccc(=O)n2C3)cc1. The van der Waals surface area contributed by atoms with Crippen molar-refractivity contribution in [3.05, 3.63) is 64.1 Å². The number of benzene rings is 1. The van der Waals surface area contributed by atoms with E-state index in [1.165, 1.54) is 0 Å². The summed E-state index contributed by atoms with van der Waals surface area (Å²) >= 11 is 0. The number of hydrogen-bond acceptors (Lipinski definition) is 3. The lowest BCUT2D eigenvalue weighted by atomic mass is 9.83. The standard InChI is InChI=1S/C22H25N3O3/c1-15-5-7-18(8-6-15)23-20(26)9-10-21(27)24-12-16-11-17(14-24)19-3-2-4-22(28)25(19)13-16/h2-8,16-17H,9-14H2,1H3,(H,23,26). The molecule has 0 saturated carbocycles. The van der Waals surface area contributed by atoms with Gasteiger partial charge in [0.1, 0.15) is 0 Å². The molecule has 0 aliphatic carbocycles. The Labute approximate surface area is 164 Å². The molecule has 2 atom stereocenters. The molecule has 4 rings (SSSR count). The van der Waals surface area contributed by atoms with Crippen LogP contribution >= 0.6 is 0 Å². The topological polar surface area (TPSA) is 71.4 Å². The quantitative estimate of drug-likeness (QED) is 0.887. The molecule has 6 heteroatoms. The summed E-state index contributed by atoms with van der Waals surface area (Å²) in [5, 5.41) is 2.84. The lowest BCUT2D eigenvalue weighted by Crippen LogP contribution is -2.49. The number of fused-ring (bicyclic) bond motifs is 4. The Kier molecular flexibility index (Phi) is 5.03. The summed E-state index contributed by atoms with van der Waals surface area (Å²) in [5.41, 5.74) is 2.95. The molecule has 0 radical (unpaired) electrons. The van der Waals surface area contributed by atoms with Gasteiger partial charge in [0.05, 0.1) is 0 Å². The van der Waals surface area contributed by atoms with Gasteiger partial charge in [-0.25, -0.2) is 0 Å². The number of likely N-dealkylation sites (tertiary alicyclic amines) is 1. The minimum atomic E-state index is -0.147. The molecule has 1 aromatic heterocycles. The average molecular weight is 379 g/mol. The summed E-state index contributed by atoms with van der Waals surface area (Å²) < 4.78 is 1.86. The summed E-state index contributed by atoms with van der Waals surface area (Å²) in [6.07, 6.45) is 1.40. The first-order valence-electron chi connectivity index (χ1n) is 9.83. The predicted molar refractivity (Wildman–Crippen MR) is 107 cm³/mol. The van der Waals surface area contributed by atoms with Crippen LogP contribution in [0, 0.1) is 12.8 Å². The fourth-order valence-corrected chi connectivity index (χ4v) is 4.34. The van der Waals surface area contributed by atoms with Gasteiger partial charge in [0.2, 0.25) is 11.8 Å². The van der Waals surface area contributed by atoms with Gasteiger partial charge in [0.25, 0.3) is 5.56 Å². The van der Waals surface area contributed by atoms with Gasteiger partial charge in [-0.05, 0) is 37.5 Å². The van der Waals surface area contributed by atoms with E-state index in [0.717, 1.165) is 23.4 Å². The zero-order valence-corrected chi connectivity index (χ0v) is 16.1. The third kappa shape index (κ3) is 3.86. The number of nitrogens with zero attached hydrogens (tertiary/aromatic N) is 2. The first-order chi connectivity index (χ1) is 13.5. The summed E-state index contributed by atoms with van der Waals surface area (Å²) in [5.74, 6) is 0.371. The molecule has 6 nitrogen and oxygen atoms in total. The van der Waals surface area contributed by atoms with Crippen LogP contribution in [0.5, 0.6) is 0 Å². The van der Waals surface area contributed by atoms with Crippen LogP contribution in [-0.4, -0.2) is 34.4 Å². The van der Waals surface area contributed by atoms with Gasteiger partial charge < -0.3 is 14.8 Å². The molecule has 2 amide bonds. The highest BCUT2D eigenvalue weighted by Gasteiger charge is 2.36. The van der Waals surface area contributed by atoms with Gasteiger partial charge in [0, 0.05) is 55.8 Å². The normalized spacial score (nSPS) is 20.4. The summed E-state index contributed by atoms with van der Waals surface area (Å²) in [4.78, 5) is 38.8. The Hall–Kier alpha value is -2.89. The zero-order valence-electron chi connectivity index (χ0n) is 16.1. The van der Waals surface area contributed by atoms with Gasteiger partial charge in [-0.2, -0.15) is 0 Å². The molecule has 28 heavy (non-hydrogen) atoms. The van der Waals surface area contributed by atoms with Crippen molar-refractivity contribution in [1.82, 2.24) is 9.47 Å². The summed E-state index contributed by atoms with van der Waals surface area (Å²) in [6, 6.07) is 13.0. The highest BCUT2D eigenvalue weighted by molar-refractivity contribution is 5.93. The van der Waals surface area contributed by atoms with E-state index in [4.69, 9.17) is 0 Å². The number of aryl methyl sites for hydroxylation is 1. The number of rotatable bonds is 4. The van der Waals surface area contributed by atoms with E-state index in [0.29, 0.717) is 25.6 Å². The van der Waals surface area contributed by atoms with Gasteiger partial charge >= 0.3 is 0 Å². The molecule has 146 valence electrons. The molecule has 2 aliphatic rings. The molecular weight excluding hydrogens is 354 g/mol. The maximum absolute atomic E-state index is 12.7. The molecule has 2 unspecified atom stereocenters. The second kappa shape index (κ2) is 7.62. The monoisotopic (exact) mass is 379 g/mol. The molecule has 1 N–H and O–H groups in total. The Balaban J connectivity index is 1.34. The van der Waals surface area contributed by atoms with Crippen molar-refractivity contribution in [2.24, 2.45) is 5.92 Å². The maximum Gasteiger partial charge on any atom is 0.250 e. The Morgan fingerprint density at radius 2 is 1.82 bits per heavy atom. The van der Waals surface area contributed by atoms with Gasteiger partial charge in [-0.1, -0.05) is 23.8 Å². The number of hydrogen-bond donors (Lipinski definition) is 1. The second-order valence-corrected chi connectivity index (χ2v) is 7.91. The fourth-order valence-electron chi connectivity index (χ4n) is 4.34. The third-order valence-corrected chi connectivity index (χ3v) is 5.73. The van der Waals surface area contributed by atoms with E-state index < -0.39 is 0 Å². The Bertz CT molecular complexity index is 948. The van der Waals surface area contributed by atoms with Crippen LogP contribution in [0.4, 0.5) is 5.69 Å². The van der Waals surface area contributed by atoms with Crippen LogP contribution in [0.15, 0.2) is 47.3 Å². The molecule has 1 saturated heterocycles. The van der Waals surface area contributed by atoms with Crippen LogP contribution in [0.25, 0.3) is 0 Å². The van der Waals surface area contributed by atoms with Crippen LogP contribution < -0.4 is 10.9 Å². The number of carbonyl (C=O) groups is 2. The van der Waals surface area contributed by atoms with E-state index in [1.807, 2.05) is 46.7 Å². The molecule has 2 aromatic rings. The molecule has 1 aromatic carbocycles. The molecule has 2 aliphatic heterocycles.